The van der Waals surface area contributed by atoms with Gasteiger partial charge in [-0.2, -0.15) is 4.99 Å². The van der Waals surface area contributed by atoms with Crippen molar-refractivity contribution >= 4 is 17.8 Å². The molecule has 0 bridgehead atoms. The third-order valence-corrected chi connectivity index (χ3v) is 3.36. The number of aliphatic imine (C=N–C) groups is 1. The van der Waals surface area contributed by atoms with Crippen molar-refractivity contribution in [1.82, 2.24) is 5.32 Å². The van der Waals surface area contributed by atoms with Crippen molar-refractivity contribution in [3.8, 4) is 0 Å². The van der Waals surface area contributed by atoms with E-state index < -0.39 is 11.9 Å². The fourth-order valence-electron chi connectivity index (χ4n) is 2.07. The number of carbonyl (C=O) groups excluding carboxylic acids is 2. The highest BCUT2D eigenvalue weighted by Crippen LogP contribution is 2.17. The number of nitrogens with zero attached hydrogens (tertiary/aromatic N) is 1. The largest absolute Gasteiger partial charge is 0.477 e. The van der Waals surface area contributed by atoms with Crippen LogP contribution in [-0.2, 0) is 9.53 Å². The number of rotatable bonds is 6. The van der Waals surface area contributed by atoms with Crippen LogP contribution in [0.3, 0.4) is 0 Å². The molecule has 0 saturated heterocycles. The van der Waals surface area contributed by atoms with Crippen LogP contribution in [0, 0.1) is 5.92 Å². The summed E-state index contributed by atoms with van der Waals surface area (Å²) in [5.74, 6) is 0.159. The monoisotopic (exact) mass is 280 g/mol. The molecule has 0 saturated carbocycles. The summed E-state index contributed by atoms with van der Waals surface area (Å²) < 4.78 is 5.66. The molecule has 20 heavy (non-hydrogen) atoms. The first kappa shape index (κ1) is 16.4. The maximum atomic E-state index is 11.8. The van der Waals surface area contributed by atoms with Gasteiger partial charge in [0.1, 0.15) is 5.57 Å². The molecule has 0 aromatic rings. The van der Waals surface area contributed by atoms with E-state index in [2.05, 4.69) is 24.2 Å². The van der Waals surface area contributed by atoms with Gasteiger partial charge in [-0.25, -0.2) is 4.79 Å². The lowest BCUT2D eigenvalue weighted by Gasteiger charge is -2.20. The van der Waals surface area contributed by atoms with Crippen molar-refractivity contribution in [2.24, 2.45) is 10.9 Å². The Hall–Kier alpha value is -1.65. The second-order valence-corrected chi connectivity index (χ2v) is 5.28. The predicted molar refractivity (Wildman–Crippen MR) is 78.6 cm³/mol. The molecule has 1 rings (SSSR count). The number of nitrogens with one attached hydrogen (secondary N) is 1. The highest BCUT2D eigenvalue weighted by molar-refractivity contribution is 6.27. The van der Waals surface area contributed by atoms with Crippen molar-refractivity contribution in [3.05, 3.63) is 11.1 Å². The number of hydrogen-bond acceptors (Lipinski definition) is 3. The Balaban J connectivity index is 2.75. The number of amides is 3. The Kier molecular flexibility index (Phi) is 6.42. The fraction of sp³-hybridized carbons (Fsp3) is 0.667. The van der Waals surface area contributed by atoms with Gasteiger partial charge in [0.25, 0.3) is 5.91 Å². The van der Waals surface area contributed by atoms with Gasteiger partial charge in [-0.3, -0.25) is 10.1 Å². The van der Waals surface area contributed by atoms with E-state index in [1.807, 2.05) is 0 Å². The normalized spacial score (nSPS) is 16.6. The fourth-order valence-corrected chi connectivity index (χ4v) is 2.07. The summed E-state index contributed by atoms with van der Waals surface area (Å²) in [6.45, 7) is 8.37. The van der Waals surface area contributed by atoms with Crippen molar-refractivity contribution in [1.29, 1.82) is 0 Å². The van der Waals surface area contributed by atoms with Crippen LogP contribution in [0.4, 0.5) is 4.79 Å². The zero-order valence-electron chi connectivity index (χ0n) is 12.8. The van der Waals surface area contributed by atoms with Crippen molar-refractivity contribution in [3.63, 3.8) is 0 Å². The summed E-state index contributed by atoms with van der Waals surface area (Å²) in [5.41, 5.74) is 1.16. The molecular weight excluding hydrogens is 256 g/mol. The van der Waals surface area contributed by atoms with E-state index in [9.17, 15) is 9.59 Å². The second kappa shape index (κ2) is 7.82. The molecule has 0 spiro atoms. The van der Waals surface area contributed by atoms with Gasteiger partial charge in [-0.1, -0.05) is 38.7 Å². The maximum Gasteiger partial charge on any atom is 0.351 e. The number of unbranched alkanes of at least 4 members (excludes halogenated alkanes) is 1. The number of imide groups is 1. The average molecular weight is 280 g/mol. The van der Waals surface area contributed by atoms with E-state index in [1.165, 1.54) is 0 Å². The Bertz CT molecular complexity index is 434. The van der Waals surface area contributed by atoms with Gasteiger partial charge in [0.2, 0.25) is 5.90 Å². The van der Waals surface area contributed by atoms with E-state index in [-0.39, 0.29) is 5.90 Å². The quantitative estimate of drug-likeness (QED) is 0.760. The molecule has 1 N–H and O–H groups in total. The molecule has 1 aliphatic heterocycles. The number of hydrogen-bond donors (Lipinski definition) is 1. The van der Waals surface area contributed by atoms with Crippen LogP contribution in [0.1, 0.15) is 53.4 Å². The molecule has 5 nitrogen and oxygen atoms in total. The third kappa shape index (κ3) is 4.47. The third-order valence-electron chi connectivity index (χ3n) is 3.36. The predicted octanol–water partition coefficient (Wildman–Crippen LogP) is 3.20. The van der Waals surface area contributed by atoms with Gasteiger partial charge in [0.05, 0.1) is 6.61 Å². The van der Waals surface area contributed by atoms with Crippen LogP contribution in [0.15, 0.2) is 16.1 Å². The van der Waals surface area contributed by atoms with Gasteiger partial charge in [0, 0.05) is 0 Å². The first-order valence-corrected chi connectivity index (χ1v) is 7.24. The van der Waals surface area contributed by atoms with Crippen molar-refractivity contribution in [2.45, 2.75) is 53.4 Å². The van der Waals surface area contributed by atoms with Crippen LogP contribution in [0.2, 0.25) is 0 Å². The topological polar surface area (TPSA) is 67.8 Å². The molecule has 0 fully saturated rings. The highest BCUT2D eigenvalue weighted by atomic mass is 16.5. The molecule has 1 atom stereocenters. The summed E-state index contributed by atoms with van der Waals surface area (Å²) in [4.78, 5) is 26.9. The van der Waals surface area contributed by atoms with Crippen molar-refractivity contribution < 1.29 is 14.3 Å². The van der Waals surface area contributed by atoms with Crippen LogP contribution in [0.5, 0.6) is 0 Å². The van der Waals surface area contributed by atoms with Gasteiger partial charge >= 0.3 is 6.03 Å². The van der Waals surface area contributed by atoms with Gasteiger partial charge in [-0.15, -0.1) is 0 Å². The molecular formula is C15H24N2O3. The summed E-state index contributed by atoms with van der Waals surface area (Å²) in [7, 11) is 0. The lowest BCUT2D eigenvalue weighted by Crippen LogP contribution is -2.39. The molecule has 112 valence electrons. The average Bonchev–Trinajstić information content (AvgIpc) is 2.37. The van der Waals surface area contributed by atoms with E-state index in [0.29, 0.717) is 18.1 Å². The molecule has 3 amide bonds. The van der Waals surface area contributed by atoms with Crippen LogP contribution in [-0.4, -0.2) is 24.4 Å². The zero-order valence-corrected chi connectivity index (χ0v) is 12.8. The van der Waals surface area contributed by atoms with Gasteiger partial charge < -0.3 is 4.74 Å². The Morgan fingerprint density at radius 1 is 1.30 bits per heavy atom. The standard InChI is InChI=1S/C15H24N2O3/c1-5-7-8-11(6-2)9-20-14-12(10(3)4)13(18)16-15(19)17-14/h11H,5-9H2,1-4H3,(H,16,18,19). The Morgan fingerprint density at radius 2 is 2.00 bits per heavy atom. The first-order chi connectivity index (χ1) is 9.49. The van der Waals surface area contributed by atoms with E-state index in [1.54, 1.807) is 13.8 Å². The molecule has 0 aromatic heterocycles. The minimum Gasteiger partial charge on any atom is -0.477 e. The summed E-state index contributed by atoms with van der Waals surface area (Å²) in [6.07, 6.45) is 4.41. The molecule has 1 aliphatic rings. The number of allylic oxidation sites excluding steroid dienone is 1. The molecule has 0 aromatic carbocycles. The van der Waals surface area contributed by atoms with Crippen molar-refractivity contribution in [2.75, 3.05) is 6.61 Å². The Morgan fingerprint density at radius 3 is 2.55 bits per heavy atom. The summed E-state index contributed by atoms with van der Waals surface area (Å²) in [5, 5.41) is 2.17. The molecule has 0 aliphatic carbocycles. The molecule has 5 heteroatoms. The molecule has 1 heterocycles. The minimum atomic E-state index is -0.656. The minimum absolute atomic E-state index is 0.161. The Labute approximate surface area is 120 Å². The molecule has 1 unspecified atom stereocenters. The SMILES string of the molecule is CCCCC(CC)COC1=NC(=O)NC(=O)C1=C(C)C. The van der Waals surface area contributed by atoms with Crippen LogP contribution >= 0.6 is 0 Å². The van der Waals surface area contributed by atoms with E-state index >= 15 is 0 Å². The number of ether oxygens (including phenoxy) is 1. The first-order valence-electron chi connectivity index (χ1n) is 7.24. The second-order valence-electron chi connectivity index (χ2n) is 5.28. The van der Waals surface area contributed by atoms with Crippen LogP contribution < -0.4 is 5.32 Å². The smallest absolute Gasteiger partial charge is 0.351 e. The lowest BCUT2D eigenvalue weighted by atomic mass is 10.0. The zero-order chi connectivity index (χ0) is 15.1. The highest BCUT2D eigenvalue weighted by Gasteiger charge is 2.27. The van der Waals surface area contributed by atoms with E-state index in [4.69, 9.17) is 4.74 Å². The summed E-state index contributed by atoms with van der Waals surface area (Å²) >= 11 is 0. The lowest BCUT2D eigenvalue weighted by molar-refractivity contribution is -0.116. The van der Waals surface area contributed by atoms with Crippen LogP contribution in [0.25, 0.3) is 0 Å². The van der Waals surface area contributed by atoms with Gasteiger partial charge in [0.15, 0.2) is 0 Å². The maximum absolute atomic E-state index is 11.8. The summed E-state index contributed by atoms with van der Waals surface area (Å²) in [6, 6.07) is -0.656. The van der Waals surface area contributed by atoms with E-state index in [0.717, 1.165) is 31.3 Å². The number of urea groups is 1. The number of carbonyl (C=O) groups is 2. The molecule has 0 radical (unpaired) electrons. The van der Waals surface area contributed by atoms with Gasteiger partial charge in [-0.05, 0) is 26.2 Å².